The van der Waals surface area contributed by atoms with Crippen LogP contribution < -0.4 is 10.1 Å². The standard InChI is InChI=1S/C23H29ClN2O3/c1-4-13-25-23(28)17(3)26(15-19-7-6-8-20(24)14-19)22(27)16-29-21-11-9-18(5-2)10-12-21/h6-12,14,17H,4-5,13,15-16H2,1-3H3,(H,25,28)/t17-/m0/s1. The summed E-state index contributed by atoms with van der Waals surface area (Å²) in [6, 6.07) is 14.3. The lowest BCUT2D eigenvalue weighted by molar-refractivity contribution is -0.142. The van der Waals surface area contributed by atoms with Crippen LogP contribution in [0.4, 0.5) is 0 Å². The van der Waals surface area contributed by atoms with Crippen molar-refractivity contribution in [3.63, 3.8) is 0 Å². The molecule has 2 aromatic carbocycles. The molecule has 156 valence electrons. The maximum absolute atomic E-state index is 12.9. The van der Waals surface area contributed by atoms with Crippen LogP contribution in [0.1, 0.15) is 38.3 Å². The highest BCUT2D eigenvalue weighted by Gasteiger charge is 2.26. The third-order valence-electron chi connectivity index (χ3n) is 4.65. The smallest absolute Gasteiger partial charge is 0.261 e. The molecular formula is C23H29ClN2O3. The zero-order valence-electron chi connectivity index (χ0n) is 17.3. The van der Waals surface area contributed by atoms with Gasteiger partial charge in [-0.15, -0.1) is 0 Å². The minimum atomic E-state index is -0.626. The molecule has 1 atom stereocenters. The predicted molar refractivity (Wildman–Crippen MR) is 116 cm³/mol. The number of carbonyl (C=O) groups excluding carboxylic acids is 2. The van der Waals surface area contributed by atoms with Crippen LogP contribution in [0.3, 0.4) is 0 Å². The molecule has 0 unspecified atom stereocenters. The van der Waals surface area contributed by atoms with Crippen molar-refractivity contribution >= 4 is 23.4 Å². The first-order chi connectivity index (χ1) is 13.9. The lowest BCUT2D eigenvalue weighted by atomic mass is 10.1. The number of aryl methyl sites for hydroxylation is 1. The largest absolute Gasteiger partial charge is 0.484 e. The molecule has 0 bridgehead atoms. The Morgan fingerprint density at radius 2 is 1.83 bits per heavy atom. The van der Waals surface area contributed by atoms with E-state index in [9.17, 15) is 9.59 Å². The quantitative estimate of drug-likeness (QED) is 0.630. The molecule has 0 aromatic heterocycles. The van der Waals surface area contributed by atoms with Gasteiger partial charge in [-0.25, -0.2) is 0 Å². The second-order valence-corrected chi connectivity index (χ2v) is 7.34. The van der Waals surface area contributed by atoms with Crippen molar-refractivity contribution < 1.29 is 14.3 Å². The molecule has 0 spiro atoms. The average molecular weight is 417 g/mol. The summed E-state index contributed by atoms with van der Waals surface area (Å²) >= 11 is 6.08. The van der Waals surface area contributed by atoms with Gasteiger partial charge in [-0.05, 0) is 55.2 Å². The van der Waals surface area contributed by atoms with Crippen molar-refractivity contribution in [1.82, 2.24) is 10.2 Å². The van der Waals surface area contributed by atoms with Crippen LogP contribution >= 0.6 is 11.6 Å². The Bertz CT molecular complexity index is 808. The van der Waals surface area contributed by atoms with Crippen LogP contribution in [0.5, 0.6) is 5.75 Å². The third-order valence-corrected chi connectivity index (χ3v) is 4.89. The van der Waals surface area contributed by atoms with Gasteiger partial charge in [0.2, 0.25) is 5.91 Å². The Morgan fingerprint density at radius 1 is 1.10 bits per heavy atom. The summed E-state index contributed by atoms with van der Waals surface area (Å²) < 4.78 is 5.67. The molecule has 0 aliphatic carbocycles. The van der Waals surface area contributed by atoms with Crippen molar-refractivity contribution in [3.8, 4) is 5.75 Å². The molecule has 6 heteroatoms. The molecule has 2 aromatic rings. The summed E-state index contributed by atoms with van der Waals surface area (Å²) in [5.41, 5.74) is 2.06. The van der Waals surface area contributed by atoms with Gasteiger partial charge < -0.3 is 15.0 Å². The fraction of sp³-hybridized carbons (Fsp3) is 0.391. The Morgan fingerprint density at radius 3 is 2.45 bits per heavy atom. The first-order valence-corrected chi connectivity index (χ1v) is 10.4. The Balaban J connectivity index is 2.11. The number of hydrogen-bond donors (Lipinski definition) is 1. The number of benzene rings is 2. The Hall–Kier alpha value is -2.53. The van der Waals surface area contributed by atoms with Crippen molar-refractivity contribution in [3.05, 3.63) is 64.7 Å². The maximum atomic E-state index is 12.9. The second-order valence-electron chi connectivity index (χ2n) is 6.90. The minimum Gasteiger partial charge on any atom is -0.484 e. The fourth-order valence-electron chi connectivity index (χ4n) is 2.86. The van der Waals surface area contributed by atoms with Crippen molar-refractivity contribution in [1.29, 1.82) is 0 Å². The van der Waals surface area contributed by atoms with Crippen molar-refractivity contribution in [2.75, 3.05) is 13.2 Å². The molecule has 1 N–H and O–H groups in total. The lowest BCUT2D eigenvalue weighted by Crippen LogP contribution is -2.49. The van der Waals surface area contributed by atoms with Gasteiger partial charge in [0, 0.05) is 18.1 Å². The number of halogens is 1. The van der Waals surface area contributed by atoms with Crippen LogP contribution in [-0.2, 0) is 22.6 Å². The van der Waals surface area contributed by atoms with Crippen LogP contribution in [0.15, 0.2) is 48.5 Å². The van der Waals surface area contributed by atoms with Crippen molar-refractivity contribution in [2.24, 2.45) is 0 Å². The second kappa shape index (κ2) is 11.5. The molecule has 0 aliphatic rings. The van der Waals surface area contributed by atoms with E-state index in [-0.39, 0.29) is 25.0 Å². The molecule has 0 saturated carbocycles. The third kappa shape index (κ3) is 7.09. The summed E-state index contributed by atoms with van der Waals surface area (Å²) in [5.74, 6) is 0.180. The molecule has 2 amide bonds. The first-order valence-electron chi connectivity index (χ1n) is 9.98. The van der Waals surface area contributed by atoms with Gasteiger partial charge in [-0.2, -0.15) is 0 Å². The molecule has 0 saturated heterocycles. The van der Waals surface area contributed by atoms with Crippen LogP contribution in [0.25, 0.3) is 0 Å². The molecule has 0 aliphatic heterocycles. The van der Waals surface area contributed by atoms with E-state index in [0.29, 0.717) is 17.3 Å². The number of nitrogens with one attached hydrogen (secondary N) is 1. The molecule has 0 fully saturated rings. The van der Waals surface area contributed by atoms with Crippen LogP contribution in [0, 0.1) is 0 Å². The Labute approximate surface area is 178 Å². The summed E-state index contributed by atoms with van der Waals surface area (Å²) in [4.78, 5) is 26.9. The zero-order chi connectivity index (χ0) is 21.2. The van der Waals surface area contributed by atoms with Gasteiger partial charge in [0.25, 0.3) is 5.91 Å². The minimum absolute atomic E-state index is 0.141. The highest BCUT2D eigenvalue weighted by molar-refractivity contribution is 6.30. The highest BCUT2D eigenvalue weighted by Crippen LogP contribution is 2.16. The molecule has 29 heavy (non-hydrogen) atoms. The Kier molecular flexibility index (Phi) is 9.00. The molecule has 0 radical (unpaired) electrons. The van der Waals surface area contributed by atoms with Gasteiger partial charge >= 0.3 is 0 Å². The number of rotatable bonds is 10. The number of carbonyl (C=O) groups is 2. The number of hydrogen-bond acceptors (Lipinski definition) is 3. The van der Waals surface area contributed by atoms with E-state index in [1.807, 2.05) is 43.3 Å². The van der Waals surface area contributed by atoms with E-state index >= 15 is 0 Å². The SMILES string of the molecule is CCCNC(=O)[C@H](C)N(Cc1cccc(Cl)c1)C(=O)COc1ccc(CC)cc1. The van der Waals surface area contributed by atoms with Gasteiger partial charge in [-0.1, -0.05) is 49.7 Å². The summed E-state index contributed by atoms with van der Waals surface area (Å²) in [7, 11) is 0. The predicted octanol–water partition coefficient (Wildman–Crippen LogP) is 4.22. The van der Waals surface area contributed by atoms with E-state index in [0.717, 1.165) is 18.4 Å². The molecule has 5 nitrogen and oxygen atoms in total. The normalized spacial score (nSPS) is 11.6. The van der Waals surface area contributed by atoms with Crippen LogP contribution in [0.2, 0.25) is 5.02 Å². The maximum Gasteiger partial charge on any atom is 0.261 e. The van der Waals surface area contributed by atoms with Gasteiger partial charge in [-0.3, -0.25) is 9.59 Å². The van der Waals surface area contributed by atoms with E-state index < -0.39 is 6.04 Å². The summed E-state index contributed by atoms with van der Waals surface area (Å²) in [6.45, 7) is 6.50. The van der Waals surface area contributed by atoms with Gasteiger partial charge in [0.1, 0.15) is 11.8 Å². The van der Waals surface area contributed by atoms with E-state index in [4.69, 9.17) is 16.3 Å². The van der Waals surface area contributed by atoms with E-state index in [1.54, 1.807) is 19.1 Å². The van der Waals surface area contributed by atoms with E-state index in [2.05, 4.69) is 12.2 Å². The number of ether oxygens (including phenoxy) is 1. The molecular weight excluding hydrogens is 388 g/mol. The van der Waals surface area contributed by atoms with Gasteiger partial charge in [0.05, 0.1) is 0 Å². The van der Waals surface area contributed by atoms with Crippen molar-refractivity contribution in [2.45, 2.75) is 46.2 Å². The van der Waals surface area contributed by atoms with Crippen LogP contribution in [-0.4, -0.2) is 35.9 Å². The van der Waals surface area contributed by atoms with Gasteiger partial charge in [0.15, 0.2) is 6.61 Å². The number of amides is 2. The number of nitrogens with zero attached hydrogens (tertiary/aromatic N) is 1. The monoisotopic (exact) mass is 416 g/mol. The molecule has 0 heterocycles. The topological polar surface area (TPSA) is 58.6 Å². The fourth-order valence-corrected chi connectivity index (χ4v) is 3.07. The molecule has 2 rings (SSSR count). The lowest BCUT2D eigenvalue weighted by Gasteiger charge is -2.28. The average Bonchev–Trinajstić information content (AvgIpc) is 2.74. The zero-order valence-corrected chi connectivity index (χ0v) is 18.0. The van der Waals surface area contributed by atoms with E-state index in [1.165, 1.54) is 10.5 Å². The summed E-state index contributed by atoms with van der Waals surface area (Å²) in [5, 5.41) is 3.44. The highest BCUT2D eigenvalue weighted by atomic mass is 35.5. The summed E-state index contributed by atoms with van der Waals surface area (Å²) in [6.07, 6.45) is 1.77. The first kappa shape index (κ1) is 22.8.